The van der Waals surface area contributed by atoms with Gasteiger partial charge in [-0.25, -0.2) is 14.2 Å². The third kappa shape index (κ3) is 4.99. The van der Waals surface area contributed by atoms with Gasteiger partial charge in [-0.2, -0.15) is 0 Å². The molecule has 0 aliphatic carbocycles. The number of hydrogen-bond donors (Lipinski definition) is 1. The third-order valence-corrected chi connectivity index (χ3v) is 6.13. The van der Waals surface area contributed by atoms with E-state index in [0.717, 1.165) is 15.8 Å². The van der Waals surface area contributed by atoms with E-state index in [0.29, 0.717) is 49.2 Å². The normalized spacial score (nSPS) is 14.5. The van der Waals surface area contributed by atoms with E-state index in [1.165, 1.54) is 23.5 Å². The van der Waals surface area contributed by atoms with Gasteiger partial charge in [0.15, 0.2) is 11.5 Å². The fourth-order valence-electron chi connectivity index (χ4n) is 3.53. The number of benzene rings is 2. The summed E-state index contributed by atoms with van der Waals surface area (Å²) in [5, 5.41) is 3.49. The number of urea groups is 1. The Labute approximate surface area is 183 Å². The lowest BCUT2D eigenvalue weighted by Gasteiger charge is -2.31. The predicted molar refractivity (Wildman–Crippen MR) is 117 cm³/mol. The van der Waals surface area contributed by atoms with Gasteiger partial charge in [0.05, 0.1) is 24.4 Å². The van der Waals surface area contributed by atoms with Crippen LogP contribution in [0.3, 0.4) is 0 Å². The summed E-state index contributed by atoms with van der Waals surface area (Å²) in [5.41, 5.74) is 1.66. The van der Waals surface area contributed by atoms with E-state index in [-0.39, 0.29) is 18.0 Å². The van der Waals surface area contributed by atoms with Gasteiger partial charge in [-0.3, -0.25) is 0 Å². The summed E-state index contributed by atoms with van der Waals surface area (Å²) >= 11 is 1.34. The molecule has 1 saturated heterocycles. The largest absolute Gasteiger partial charge is 0.493 e. The van der Waals surface area contributed by atoms with Crippen molar-refractivity contribution in [3.63, 3.8) is 0 Å². The number of carbonyl (C=O) groups excluding carboxylic acids is 1. The molecule has 1 aromatic heterocycles. The SMILES string of the molecule is COc1ccc(CNC(=O)N2CCC(Oc3nc4ccc(F)cc4s3)CC2)cc1OC. The van der Waals surface area contributed by atoms with Crippen LogP contribution in [0.25, 0.3) is 10.2 Å². The fraction of sp³-hybridized carbons (Fsp3) is 0.364. The summed E-state index contributed by atoms with van der Waals surface area (Å²) in [6.45, 7) is 1.60. The van der Waals surface area contributed by atoms with Crippen LogP contribution in [0.5, 0.6) is 16.7 Å². The first-order valence-corrected chi connectivity index (χ1v) is 10.8. The smallest absolute Gasteiger partial charge is 0.317 e. The standard InChI is InChI=1S/C22H24FN3O4S/c1-28-18-6-3-14(11-19(18)29-2)13-24-21(27)26-9-7-16(8-10-26)30-22-25-17-5-4-15(23)12-20(17)31-22/h3-6,11-12,16H,7-10,13H2,1-2H3,(H,24,27). The van der Waals surface area contributed by atoms with Gasteiger partial charge in [-0.05, 0) is 35.9 Å². The number of aromatic nitrogens is 1. The van der Waals surface area contributed by atoms with Crippen molar-refractivity contribution in [3.8, 4) is 16.7 Å². The van der Waals surface area contributed by atoms with Gasteiger partial charge in [0, 0.05) is 32.5 Å². The van der Waals surface area contributed by atoms with Crippen molar-refractivity contribution in [2.45, 2.75) is 25.5 Å². The summed E-state index contributed by atoms with van der Waals surface area (Å²) in [7, 11) is 3.17. The number of nitrogens with zero attached hydrogens (tertiary/aromatic N) is 2. The van der Waals surface area contributed by atoms with Crippen molar-refractivity contribution in [1.29, 1.82) is 0 Å². The van der Waals surface area contributed by atoms with Crippen LogP contribution in [-0.2, 0) is 6.54 Å². The number of thiazole rings is 1. The van der Waals surface area contributed by atoms with Gasteiger partial charge >= 0.3 is 6.03 Å². The highest BCUT2D eigenvalue weighted by molar-refractivity contribution is 7.20. The molecule has 0 radical (unpaired) electrons. The Bertz CT molecular complexity index is 1070. The first-order valence-electron chi connectivity index (χ1n) is 10.0. The zero-order chi connectivity index (χ0) is 21.8. The molecule has 2 heterocycles. The molecule has 3 aromatic rings. The molecule has 2 aromatic carbocycles. The number of halogens is 1. The van der Waals surface area contributed by atoms with Crippen molar-refractivity contribution in [1.82, 2.24) is 15.2 Å². The molecule has 2 amide bonds. The number of carbonyl (C=O) groups is 1. The summed E-state index contributed by atoms with van der Waals surface area (Å²) in [5.74, 6) is 0.998. The maximum atomic E-state index is 13.3. The van der Waals surface area contributed by atoms with E-state index in [9.17, 15) is 9.18 Å². The highest BCUT2D eigenvalue weighted by Gasteiger charge is 2.24. The van der Waals surface area contributed by atoms with Crippen molar-refractivity contribution in [2.75, 3.05) is 27.3 Å². The van der Waals surface area contributed by atoms with E-state index in [2.05, 4.69) is 10.3 Å². The lowest BCUT2D eigenvalue weighted by atomic mass is 10.1. The first-order chi connectivity index (χ1) is 15.1. The van der Waals surface area contributed by atoms with Gasteiger partial charge in [-0.1, -0.05) is 17.4 Å². The molecule has 31 heavy (non-hydrogen) atoms. The molecule has 164 valence electrons. The minimum absolute atomic E-state index is 0.0136. The molecule has 1 aliphatic heterocycles. The van der Waals surface area contributed by atoms with E-state index >= 15 is 0 Å². The molecule has 0 spiro atoms. The molecule has 7 nitrogen and oxygen atoms in total. The molecule has 0 atom stereocenters. The van der Waals surface area contributed by atoms with Gasteiger partial charge in [-0.15, -0.1) is 0 Å². The number of likely N-dealkylation sites (tertiary alicyclic amines) is 1. The second-order valence-electron chi connectivity index (χ2n) is 7.24. The number of rotatable bonds is 6. The maximum Gasteiger partial charge on any atom is 0.317 e. The molecule has 4 rings (SSSR count). The van der Waals surface area contributed by atoms with Gasteiger partial charge in [0.1, 0.15) is 11.9 Å². The number of amides is 2. The van der Waals surface area contributed by atoms with Crippen LogP contribution in [0, 0.1) is 5.82 Å². The van der Waals surface area contributed by atoms with Crippen LogP contribution < -0.4 is 19.5 Å². The zero-order valence-electron chi connectivity index (χ0n) is 17.4. The Morgan fingerprint density at radius 1 is 1.16 bits per heavy atom. The number of hydrogen-bond acceptors (Lipinski definition) is 6. The summed E-state index contributed by atoms with van der Waals surface area (Å²) in [6.07, 6.45) is 1.42. The Morgan fingerprint density at radius 3 is 2.68 bits per heavy atom. The van der Waals surface area contributed by atoms with Crippen LogP contribution in [0.2, 0.25) is 0 Å². The van der Waals surface area contributed by atoms with Crippen LogP contribution in [0.1, 0.15) is 18.4 Å². The minimum Gasteiger partial charge on any atom is -0.493 e. The van der Waals surface area contributed by atoms with Gasteiger partial charge in [0.25, 0.3) is 5.19 Å². The van der Waals surface area contributed by atoms with Crippen LogP contribution >= 0.6 is 11.3 Å². The minimum atomic E-state index is -0.282. The van der Waals surface area contributed by atoms with Crippen molar-refractivity contribution >= 4 is 27.6 Å². The van der Waals surface area contributed by atoms with Gasteiger partial charge < -0.3 is 24.4 Å². The second kappa shape index (κ2) is 9.38. The molecule has 1 fully saturated rings. The molecular weight excluding hydrogens is 421 g/mol. The predicted octanol–water partition coefficient (Wildman–Crippen LogP) is 4.21. The van der Waals surface area contributed by atoms with Crippen LogP contribution in [0.15, 0.2) is 36.4 Å². The highest BCUT2D eigenvalue weighted by Crippen LogP contribution is 2.30. The Morgan fingerprint density at radius 2 is 1.94 bits per heavy atom. The number of piperidine rings is 1. The lowest BCUT2D eigenvalue weighted by molar-refractivity contribution is 0.111. The first kappa shape index (κ1) is 21.2. The van der Waals surface area contributed by atoms with Gasteiger partial charge in [0.2, 0.25) is 0 Å². The molecule has 0 unspecified atom stereocenters. The third-order valence-electron chi connectivity index (χ3n) is 5.22. The van der Waals surface area contributed by atoms with E-state index in [1.807, 2.05) is 18.2 Å². The molecule has 0 bridgehead atoms. The number of fused-ring (bicyclic) bond motifs is 1. The van der Waals surface area contributed by atoms with Crippen LogP contribution in [0.4, 0.5) is 9.18 Å². The molecule has 1 N–H and O–H groups in total. The fourth-order valence-corrected chi connectivity index (χ4v) is 4.43. The zero-order valence-corrected chi connectivity index (χ0v) is 18.2. The molecule has 1 aliphatic rings. The Hall–Kier alpha value is -3.07. The van der Waals surface area contributed by atoms with Crippen molar-refractivity contribution < 1.29 is 23.4 Å². The number of nitrogens with one attached hydrogen (secondary N) is 1. The average Bonchev–Trinajstić information content (AvgIpc) is 3.18. The Kier molecular flexibility index (Phi) is 6.41. The molecular formula is C22H24FN3O4S. The lowest BCUT2D eigenvalue weighted by Crippen LogP contribution is -2.46. The topological polar surface area (TPSA) is 72.9 Å². The summed E-state index contributed by atoms with van der Waals surface area (Å²) < 4.78 is 30.6. The summed E-state index contributed by atoms with van der Waals surface area (Å²) in [6, 6.07) is 9.97. The van der Waals surface area contributed by atoms with Crippen molar-refractivity contribution in [3.05, 3.63) is 47.8 Å². The van der Waals surface area contributed by atoms with Crippen LogP contribution in [-0.4, -0.2) is 49.3 Å². The Balaban J connectivity index is 1.26. The van der Waals surface area contributed by atoms with E-state index < -0.39 is 0 Å². The molecule has 0 saturated carbocycles. The number of methoxy groups -OCH3 is 2. The second-order valence-corrected chi connectivity index (χ2v) is 8.24. The monoisotopic (exact) mass is 445 g/mol. The van der Waals surface area contributed by atoms with E-state index in [1.54, 1.807) is 25.2 Å². The summed E-state index contributed by atoms with van der Waals surface area (Å²) in [4.78, 5) is 18.7. The van der Waals surface area contributed by atoms with E-state index in [4.69, 9.17) is 14.2 Å². The highest BCUT2D eigenvalue weighted by atomic mass is 32.1. The maximum absolute atomic E-state index is 13.3. The quantitative estimate of drug-likeness (QED) is 0.616. The number of ether oxygens (including phenoxy) is 3. The molecule has 9 heteroatoms. The average molecular weight is 446 g/mol. The van der Waals surface area contributed by atoms with Crippen molar-refractivity contribution in [2.24, 2.45) is 0 Å².